The van der Waals surface area contributed by atoms with E-state index in [1.807, 2.05) is 48.5 Å². The summed E-state index contributed by atoms with van der Waals surface area (Å²) in [5.74, 6) is 3.36. The molecular weight excluding hydrogens is 380 g/mol. The van der Waals surface area contributed by atoms with Crippen molar-refractivity contribution in [3.63, 3.8) is 0 Å². The first kappa shape index (κ1) is 20.8. The molecule has 6 heteroatoms. The molecular formula is C24H32N2O4. The van der Waals surface area contributed by atoms with Crippen molar-refractivity contribution in [2.45, 2.75) is 26.1 Å². The third kappa shape index (κ3) is 5.18. The Bertz CT molecular complexity index is 748. The average Bonchev–Trinajstić information content (AvgIpc) is 2.80. The maximum atomic E-state index is 6.14. The van der Waals surface area contributed by atoms with Crippen LogP contribution in [-0.4, -0.2) is 74.5 Å². The SMILES string of the molecule is CCN(CCN(CC)CC1COc2ccccc2O1)CC1COc2ccccc2O1. The molecule has 2 aliphatic heterocycles. The molecule has 0 amide bonds. The van der Waals surface area contributed by atoms with Crippen molar-refractivity contribution >= 4 is 0 Å². The van der Waals surface area contributed by atoms with Gasteiger partial charge in [0.05, 0.1) is 0 Å². The topological polar surface area (TPSA) is 43.4 Å². The van der Waals surface area contributed by atoms with Gasteiger partial charge in [0.25, 0.3) is 0 Å². The van der Waals surface area contributed by atoms with Crippen molar-refractivity contribution in [3.05, 3.63) is 48.5 Å². The Morgan fingerprint density at radius 3 is 1.47 bits per heavy atom. The Kier molecular flexibility index (Phi) is 6.97. The lowest BCUT2D eigenvalue weighted by Gasteiger charge is -2.33. The van der Waals surface area contributed by atoms with Gasteiger partial charge in [0.15, 0.2) is 23.0 Å². The molecule has 0 fully saturated rings. The second-order valence-electron chi connectivity index (χ2n) is 7.78. The number of ether oxygens (including phenoxy) is 4. The van der Waals surface area contributed by atoms with Crippen molar-refractivity contribution in [3.8, 4) is 23.0 Å². The zero-order valence-corrected chi connectivity index (χ0v) is 18.0. The van der Waals surface area contributed by atoms with E-state index in [0.717, 1.165) is 62.3 Å². The lowest BCUT2D eigenvalue weighted by Crippen LogP contribution is -2.46. The van der Waals surface area contributed by atoms with E-state index in [0.29, 0.717) is 13.2 Å². The number of rotatable bonds is 9. The van der Waals surface area contributed by atoms with Crippen LogP contribution in [0.4, 0.5) is 0 Å². The maximum absolute atomic E-state index is 6.14. The fourth-order valence-electron chi connectivity index (χ4n) is 3.92. The van der Waals surface area contributed by atoms with Crippen LogP contribution in [0.1, 0.15) is 13.8 Å². The third-order valence-corrected chi connectivity index (χ3v) is 5.69. The molecule has 30 heavy (non-hydrogen) atoms. The Morgan fingerprint density at radius 2 is 1.07 bits per heavy atom. The normalized spacial score (nSPS) is 19.9. The monoisotopic (exact) mass is 412 g/mol. The highest BCUT2D eigenvalue weighted by molar-refractivity contribution is 5.41. The molecule has 0 saturated carbocycles. The zero-order valence-electron chi connectivity index (χ0n) is 18.0. The number of hydrogen-bond donors (Lipinski definition) is 0. The fraction of sp³-hybridized carbons (Fsp3) is 0.500. The van der Waals surface area contributed by atoms with Crippen LogP contribution in [0.5, 0.6) is 23.0 Å². The van der Waals surface area contributed by atoms with Crippen molar-refractivity contribution in [2.75, 3.05) is 52.5 Å². The van der Waals surface area contributed by atoms with E-state index in [1.54, 1.807) is 0 Å². The second kappa shape index (κ2) is 10.0. The Morgan fingerprint density at radius 1 is 0.667 bits per heavy atom. The first-order chi connectivity index (χ1) is 14.7. The molecule has 6 nitrogen and oxygen atoms in total. The highest BCUT2D eigenvalue weighted by Crippen LogP contribution is 2.32. The summed E-state index contributed by atoms with van der Waals surface area (Å²) >= 11 is 0. The van der Waals surface area contributed by atoms with Crippen LogP contribution in [0.15, 0.2) is 48.5 Å². The van der Waals surface area contributed by atoms with Gasteiger partial charge >= 0.3 is 0 Å². The van der Waals surface area contributed by atoms with E-state index in [9.17, 15) is 0 Å². The minimum Gasteiger partial charge on any atom is -0.486 e. The molecule has 2 aliphatic rings. The molecule has 4 rings (SSSR count). The minimum absolute atomic E-state index is 0.0569. The van der Waals surface area contributed by atoms with Gasteiger partial charge in [0, 0.05) is 26.2 Å². The molecule has 2 heterocycles. The van der Waals surface area contributed by atoms with Crippen LogP contribution < -0.4 is 18.9 Å². The molecule has 162 valence electrons. The van der Waals surface area contributed by atoms with Gasteiger partial charge in [-0.1, -0.05) is 38.1 Å². The van der Waals surface area contributed by atoms with Crippen molar-refractivity contribution in [2.24, 2.45) is 0 Å². The summed E-state index contributed by atoms with van der Waals surface area (Å²) in [6.45, 7) is 11.2. The minimum atomic E-state index is 0.0569. The van der Waals surface area contributed by atoms with E-state index in [2.05, 4.69) is 23.6 Å². The van der Waals surface area contributed by atoms with Gasteiger partial charge in [-0.15, -0.1) is 0 Å². The third-order valence-electron chi connectivity index (χ3n) is 5.69. The first-order valence-electron chi connectivity index (χ1n) is 11.0. The molecule has 0 saturated heterocycles. The van der Waals surface area contributed by atoms with Crippen molar-refractivity contribution in [1.82, 2.24) is 9.80 Å². The Labute approximate surface area is 179 Å². The quantitative estimate of drug-likeness (QED) is 0.630. The van der Waals surface area contributed by atoms with Crippen molar-refractivity contribution in [1.29, 1.82) is 0 Å². The highest BCUT2D eigenvalue weighted by atomic mass is 16.6. The van der Waals surface area contributed by atoms with Crippen molar-refractivity contribution < 1.29 is 18.9 Å². The summed E-state index contributed by atoms with van der Waals surface area (Å²) in [7, 11) is 0. The lowest BCUT2D eigenvalue weighted by atomic mass is 10.2. The van der Waals surface area contributed by atoms with Gasteiger partial charge in [-0.25, -0.2) is 0 Å². The number of benzene rings is 2. The molecule has 0 N–H and O–H groups in total. The molecule has 0 radical (unpaired) electrons. The van der Waals surface area contributed by atoms with E-state index >= 15 is 0 Å². The average molecular weight is 413 g/mol. The molecule has 2 unspecified atom stereocenters. The van der Waals surface area contributed by atoms with Crippen LogP contribution >= 0.6 is 0 Å². The number of para-hydroxylation sites is 4. The van der Waals surface area contributed by atoms with Gasteiger partial charge < -0.3 is 18.9 Å². The molecule has 0 spiro atoms. The van der Waals surface area contributed by atoms with E-state index in [4.69, 9.17) is 18.9 Å². The predicted octanol–water partition coefficient (Wildman–Crippen LogP) is 3.31. The Hall–Kier alpha value is -2.44. The van der Waals surface area contributed by atoms with Crippen LogP contribution in [-0.2, 0) is 0 Å². The lowest BCUT2D eigenvalue weighted by molar-refractivity contribution is 0.0452. The number of likely N-dealkylation sites (N-methyl/N-ethyl adjacent to an activating group) is 2. The number of nitrogens with zero attached hydrogens (tertiary/aromatic N) is 2. The summed E-state index contributed by atoms with van der Waals surface area (Å²) in [5, 5.41) is 0. The van der Waals surface area contributed by atoms with E-state index < -0.39 is 0 Å². The number of fused-ring (bicyclic) bond motifs is 2. The van der Waals surface area contributed by atoms with Gasteiger partial charge in [-0.2, -0.15) is 0 Å². The van der Waals surface area contributed by atoms with Gasteiger partial charge in [-0.3, -0.25) is 9.80 Å². The molecule has 0 aromatic heterocycles. The summed E-state index contributed by atoms with van der Waals surface area (Å²) in [4.78, 5) is 4.86. The summed E-state index contributed by atoms with van der Waals surface area (Å²) in [6, 6.07) is 15.8. The summed E-state index contributed by atoms with van der Waals surface area (Å²) in [5.41, 5.74) is 0. The largest absolute Gasteiger partial charge is 0.486 e. The summed E-state index contributed by atoms with van der Waals surface area (Å²) in [6.07, 6.45) is 0.114. The Balaban J connectivity index is 1.25. The highest BCUT2D eigenvalue weighted by Gasteiger charge is 2.25. The fourth-order valence-corrected chi connectivity index (χ4v) is 3.92. The number of hydrogen-bond acceptors (Lipinski definition) is 6. The molecule has 0 aliphatic carbocycles. The molecule has 2 aromatic carbocycles. The molecule has 2 aromatic rings. The second-order valence-corrected chi connectivity index (χ2v) is 7.78. The van der Waals surface area contributed by atoms with Gasteiger partial charge in [-0.05, 0) is 37.4 Å². The zero-order chi connectivity index (χ0) is 20.8. The van der Waals surface area contributed by atoms with Gasteiger partial charge in [0.1, 0.15) is 25.4 Å². The first-order valence-corrected chi connectivity index (χ1v) is 11.0. The van der Waals surface area contributed by atoms with E-state index in [1.165, 1.54) is 0 Å². The van der Waals surface area contributed by atoms with Crippen LogP contribution in [0, 0.1) is 0 Å². The van der Waals surface area contributed by atoms with Crippen LogP contribution in [0.2, 0.25) is 0 Å². The van der Waals surface area contributed by atoms with E-state index in [-0.39, 0.29) is 12.2 Å². The van der Waals surface area contributed by atoms with Crippen LogP contribution in [0.25, 0.3) is 0 Å². The van der Waals surface area contributed by atoms with Gasteiger partial charge in [0.2, 0.25) is 0 Å². The smallest absolute Gasteiger partial charge is 0.161 e. The summed E-state index contributed by atoms with van der Waals surface area (Å²) < 4.78 is 24.0. The molecule has 2 atom stereocenters. The maximum Gasteiger partial charge on any atom is 0.161 e. The van der Waals surface area contributed by atoms with Crippen LogP contribution in [0.3, 0.4) is 0 Å². The predicted molar refractivity (Wildman–Crippen MR) is 117 cm³/mol. The standard InChI is InChI=1S/C24H32N2O4/c1-3-25(15-19-17-27-21-9-5-7-11-23(21)29-19)13-14-26(4-2)16-20-18-28-22-10-6-8-12-24(22)30-20/h5-12,19-20H,3-4,13-18H2,1-2H3. The molecule has 0 bridgehead atoms.